The van der Waals surface area contributed by atoms with Crippen molar-refractivity contribution in [3.8, 4) is 0 Å². The summed E-state index contributed by atoms with van der Waals surface area (Å²) in [5.41, 5.74) is 7.75. The molecule has 15 heavy (non-hydrogen) atoms. The lowest BCUT2D eigenvalue weighted by Gasteiger charge is -2.20. The van der Waals surface area contributed by atoms with Crippen LogP contribution in [-0.4, -0.2) is 23.0 Å². The molecule has 0 aliphatic rings. The fraction of sp³-hybridized carbons (Fsp3) is 0.417. The van der Waals surface area contributed by atoms with Crippen molar-refractivity contribution < 1.29 is 0 Å². The molecule has 2 N–H and O–H groups in total. The zero-order valence-electron chi connectivity index (χ0n) is 9.53. The van der Waals surface area contributed by atoms with Crippen molar-refractivity contribution in [1.29, 1.82) is 0 Å². The lowest BCUT2D eigenvalue weighted by atomic mass is 10.1. The monoisotopic (exact) mass is 222 g/mol. The van der Waals surface area contributed by atoms with Crippen LogP contribution in [0.3, 0.4) is 0 Å². The summed E-state index contributed by atoms with van der Waals surface area (Å²) in [6, 6.07) is 8.67. The molecule has 0 radical (unpaired) electrons. The minimum absolute atomic E-state index is 0.457. The van der Waals surface area contributed by atoms with Gasteiger partial charge in [-0.05, 0) is 26.5 Å². The van der Waals surface area contributed by atoms with Crippen molar-refractivity contribution >= 4 is 17.2 Å². The number of nitrogens with zero attached hydrogens (tertiary/aromatic N) is 1. The highest BCUT2D eigenvalue weighted by Gasteiger charge is 2.04. The first kappa shape index (κ1) is 12.1. The van der Waals surface area contributed by atoms with Gasteiger partial charge in [0.2, 0.25) is 0 Å². The molecule has 82 valence electrons. The minimum atomic E-state index is 0.457. The van der Waals surface area contributed by atoms with E-state index in [4.69, 9.17) is 18.0 Å². The third kappa shape index (κ3) is 3.61. The van der Waals surface area contributed by atoms with E-state index >= 15 is 0 Å². The molecule has 0 spiro atoms. The number of rotatable bonds is 4. The Morgan fingerprint density at radius 2 is 1.87 bits per heavy atom. The van der Waals surface area contributed by atoms with Crippen LogP contribution < -0.4 is 5.73 Å². The van der Waals surface area contributed by atoms with E-state index in [2.05, 4.69) is 37.9 Å². The molecule has 2 nitrogen and oxygen atoms in total. The van der Waals surface area contributed by atoms with Crippen LogP contribution in [0.4, 0.5) is 0 Å². The molecule has 0 saturated carbocycles. The smallest absolute Gasteiger partial charge is 0.103 e. The predicted molar refractivity (Wildman–Crippen MR) is 68.9 cm³/mol. The standard InChI is InChI=1S/C12H18N2S/c1-9(2)14(3)8-10-4-6-11(7-5-10)12(13)15/h4-7,9H,8H2,1-3H3,(H2,13,15). The predicted octanol–water partition coefficient (Wildman–Crippen LogP) is 2.16. The Labute approximate surface area is 97.1 Å². The van der Waals surface area contributed by atoms with Gasteiger partial charge in [-0.25, -0.2) is 0 Å². The normalized spacial score (nSPS) is 11.0. The molecule has 3 heteroatoms. The van der Waals surface area contributed by atoms with Crippen LogP contribution in [0.5, 0.6) is 0 Å². The quantitative estimate of drug-likeness (QED) is 0.792. The Hall–Kier alpha value is -0.930. The van der Waals surface area contributed by atoms with Gasteiger partial charge < -0.3 is 5.73 Å². The summed E-state index contributed by atoms with van der Waals surface area (Å²) in [7, 11) is 2.12. The van der Waals surface area contributed by atoms with Crippen molar-refractivity contribution in [1.82, 2.24) is 4.90 Å². The fourth-order valence-electron chi connectivity index (χ4n) is 1.24. The largest absolute Gasteiger partial charge is 0.389 e. The van der Waals surface area contributed by atoms with E-state index in [9.17, 15) is 0 Å². The Balaban J connectivity index is 2.68. The highest BCUT2D eigenvalue weighted by atomic mass is 32.1. The second kappa shape index (κ2) is 5.24. The lowest BCUT2D eigenvalue weighted by Crippen LogP contribution is -2.25. The average Bonchev–Trinajstić information content (AvgIpc) is 2.18. The zero-order valence-corrected chi connectivity index (χ0v) is 10.3. The van der Waals surface area contributed by atoms with Crippen LogP contribution in [0.2, 0.25) is 0 Å². The highest BCUT2D eigenvalue weighted by molar-refractivity contribution is 7.80. The van der Waals surface area contributed by atoms with E-state index < -0.39 is 0 Å². The van der Waals surface area contributed by atoms with Gasteiger partial charge in [-0.15, -0.1) is 0 Å². The summed E-state index contributed by atoms with van der Waals surface area (Å²) < 4.78 is 0. The van der Waals surface area contributed by atoms with E-state index in [0.717, 1.165) is 12.1 Å². The van der Waals surface area contributed by atoms with Crippen molar-refractivity contribution in [2.45, 2.75) is 26.4 Å². The van der Waals surface area contributed by atoms with E-state index in [1.165, 1.54) is 5.56 Å². The van der Waals surface area contributed by atoms with Crippen molar-refractivity contribution in [2.24, 2.45) is 5.73 Å². The summed E-state index contributed by atoms with van der Waals surface area (Å²) in [4.78, 5) is 2.74. The van der Waals surface area contributed by atoms with Crippen LogP contribution in [0, 0.1) is 0 Å². The van der Waals surface area contributed by atoms with E-state index in [1.54, 1.807) is 0 Å². The lowest BCUT2D eigenvalue weighted by molar-refractivity contribution is 0.266. The first-order chi connectivity index (χ1) is 7.00. The van der Waals surface area contributed by atoms with Gasteiger partial charge in [0.25, 0.3) is 0 Å². The maximum Gasteiger partial charge on any atom is 0.103 e. The minimum Gasteiger partial charge on any atom is -0.389 e. The summed E-state index contributed by atoms with van der Waals surface area (Å²) in [5, 5.41) is 0. The van der Waals surface area contributed by atoms with Crippen LogP contribution in [-0.2, 0) is 6.54 Å². The van der Waals surface area contributed by atoms with Gasteiger partial charge in [0.1, 0.15) is 4.99 Å². The molecule has 0 bridgehead atoms. The fourth-order valence-corrected chi connectivity index (χ4v) is 1.38. The molecule has 1 rings (SSSR count). The van der Waals surface area contributed by atoms with Crippen LogP contribution in [0.1, 0.15) is 25.0 Å². The Bertz CT molecular complexity index is 330. The summed E-state index contributed by atoms with van der Waals surface area (Å²) in [6.45, 7) is 5.32. The maximum atomic E-state index is 5.53. The van der Waals surface area contributed by atoms with Gasteiger partial charge in [-0.1, -0.05) is 36.5 Å². The summed E-state index contributed by atoms with van der Waals surface area (Å²) in [6.07, 6.45) is 0. The molecule has 0 heterocycles. The number of hydrogen-bond acceptors (Lipinski definition) is 2. The van der Waals surface area contributed by atoms with Crippen LogP contribution in [0.15, 0.2) is 24.3 Å². The van der Waals surface area contributed by atoms with E-state index in [1.807, 2.05) is 12.1 Å². The van der Waals surface area contributed by atoms with Crippen LogP contribution in [0.25, 0.3) is 0 Å². The Morgan fingerprint density at radius 1 is 1.33 bits per heavy atom. The SMILES string of the molecule is CC(C)N(C)Cc1ccc(C(N)=S)cc1. The molecule has 0 atom stereocenters. The van der Waals surface area contributed by atoms with Gasteiger partial charge in [0.05, 0.1) is 0 Å². The van der Waals surface area contributed by atoms with Crippen molar-refractivity contribution in [3.05, 3.63) is 35.4 Å². The maximum absolute atomic E-state index is 5.53. The molecule has 0 amide bonds. The molecule has 0 fully saturated rings. The van der Waals surface area contributed by atoms with Crippen LogP contribution >= 0.6 is 12.2 Å². The zero-order chi connectivity index (χ0) is 11.4. The highest BCUT2D eigenvalue weighted by Crippen LogP contribution is 2.08. The summed E-state index contributed by atoms with van der Waals surface area (Å²) in [5.74, 6) is 0. The van der Waals surface area contributed by atoms with E-state index in [-0.39, 0.29) is 0 Å². The Kier molecular flexibility index (Phi) is 4.24. The second-order valence-electron chi connectivity index (χ2n) is 4.07. The molecule has 0 aliphatic carbocycles. The van der Waals surface area contributed by atoms with Gasteiger partial charge in [0, 0.05) is 18.2 Å². The third-order valence-electron chi connectivity index (χ3n) is 2.55. The number of thiocarbonyl (C=S) groups is 1. The molecular formula is C12H18N2S. The third-order valence-corrected chi connectivity index (χ3v) is 2.79. The molecule has 1 aromatic carbocycles. The molecule has 1 aromatic rings. The molecule has 0 saturated heterocycles. The molecular weight excluding hydrogens is 204 g/mol. The van der Waals surface area contributed by atoms with E-state index in [0.29, 0.717) is 11.0 Å². The van der Waals surface area contributed by atoms with Gasteiger partial charge in [-0.2, -0.15) is 0 Å². The topological polar surface area (TPSA) is 29.3 Å². The first-order valence-corrected chi connectivity index (χ1v) is 5.50. The second-order valence-corrected chi connectivity index (χ2v) is 4.51. The first-order valence-electron chi connectivity index (χ1n) is 5.09. The molecule has 0 aromatic heterocycles. The summed E-state index contributed by atoms with van der Waals surface area (Å²) >= 11 is 4.90. The number of hydrogen-bond donors (Lipinski definition) is 1. The number of nitrogens with two attached hydrogens (primary N) is 1. The Morgan fingerprint density at radius 3 is 2.27 bits per heavy atom. The van der Waals surface area contributed by atoms with Crippen molar-refractivity contribution in [2.75, 3.05) is 7.05 Å². The average molecular weight is 222 g/mol. The molecule has 0 aliphatic heterocycles. The number of benzene rings is 1. The van der Waals surface area contributed by atoms with Gasteiger partial charge in [0.15, 0.2) is 0 Å². The molecule has 0 unspecified atom stereocenters. The van der Waals surface area contributed by atoms with Crippen molar-refractivity contribution in [3.63, 3.8) is 0 Å². The van der Waals surface area contributed by atoms with Gasteiger partial charge >= 0.3 is 0 Å². The van der Waals surface area contributed by atoms with Gasteiger partial charge in [-0.3, -0.25) is 4.90 Å².